The van der Waals surface area contributed by atoms with Crippen LogP contribution in [0.4, 0.5) is 0 Å². The molecule has 24 heavy (non-hydrogen) atoms. The van der Waals surface area contributed by atoms with E-state index in [1.54, 1.807) is 0 Å². The minimum absolute atomic E-state index is 0.928. The van der Waals surface area contributed by atoms with Crippen LogP contribution in [0.15, 0.2) is 0 Å². The molecule has 0 saturated heterocycles. The number of rotatable bonds is 7. The topological polar surface area (TPSA) is 0 Å². The maximum absolute atomic E-state index is 2.57. The van der Waals surface area contributed by atoms with Crippen LogP contribution in [-0.4, -0.2) is 0 Å². The molecule has 0 bridgehead atoms. The molecule has 1 rings (SSSR count). The maximum atomic E-state index is 2.57. The zero-order valence-electron chi connectivity index (χ0n) is 17.8. The first-order valence-electron chi connectivity index (χ1n) is 11.5. The Morgan fingerprint density at radius 3 is 2.00 bits per heavy atom. The van der Waals surface area contributed by atoms with Crippen molar-refractivity contribution in [3.05, 3.63) is 0 Å². The molecule has 0 radical (unpaired) electrons. The van der Waals surface area contributed by atoms with Crippen molar-refractivity contribution in [1.82, 2.24) is 0 Å². The molecule has 1 aliphatic rings. The van der Waals surface area contributed by atoms with E-state index < -0.39 is 0 Å². The molecule has 0 heterocycles. The van der Waals surface area contributed by atoms with Crippen LogP contribution in [0.1, 0.15) is 125 Å². The van der Waals surface area contributed by atoms with Crippen LogP contribution in [0.2, 0.25) is 0 Å². The molecule has 1 saturated carbocycles. The van der Waals surface area contributed by atoms with Gasteiger partial charge in [-0.3, -0.25) is 0 Å². The first kappa shape index (κ1) is 22.0. The minimum Gasteiger partial charge on any atom is -0.0654 e. The smallest absolute Gasteiger partial charge is 0.0383 e. The van der Waals surface area contributed by atoms with Gasteiger partial charge in [-0.05, 0) is 42.4 Å². The summed E-state index contributed by atoms with van der Waals surface area (Å²) in [7, 11) is 0. The monoisotopic (exact) mass is 336 g/mol. The van der Waals surface area contributed by atoms with Crippen molar-refractivity contribution in [2.75, 3.05) is 0 Å². The number of hydrogen-bond donors (Lipinski definition) is 0. The summed E-state index contributed by atoms with van der Waals surface area (Å²) in [6.07, 6.45) is 20.5. The molecule has 5 atom stereocenters. The Labute approximate surface area is 154 Å². The van der Waals surface area contributed by atoms with Gasteiger partial charge in [0.2, 0.25) is 0 Å². The third-order valence-electron chi connectivity index (χ3n) is 6.76. The summed E-state index contributed by atoms with van der Waals surface area (Å²) in [4.78, 5) is 0. The van der Waals surface area contributed by atoms with E-state index in [-0.39, 0.29) is 0 Å². The third kappa shape index (κ3) is 10.1. The molecule has 5 unspecified atom stereocenters. The van der Waals surface area contributed by atoms with E-state index in [2.05, 4.69) is 34.6 Å². The SMILES string of the molecule is CCCC(C)CCC(C)CC1CC(C)CCCCCCCCC1C. The predicted molar refractivity (Wildman–Crippen MR) is 110 cm³/mol. The van der Waals surface area contributed by atoms with Crippen molar-refractivity contribution in [2.45, 2.75) is 125 Å². The Hall–Kier alpha value is 0. The van der Waals surface area contributed by atoms with Crippen LogP contribution >= 0.6 is 0 Å². The molecule has 0 nitrogen and oxygen atoms in total. The quantitative estimate of drug-likeness (QED) is 0.436. The second-order valence-electron chi connectivity index (χ2n) is 9.59. The molecule has 0 aliphatic heterocycles. The highest BCUT2D eigenvalue weighted by molar-refractivity contribution is 4.74. The van der Waals surface area contributed by atoms with Gasteiger partial charge in [-0.25, -0.2) is 0 Å². The molecule has 1 aliphatic carbocycles. The normalized spacial score (nSPS) is 30.1. The largest absolute Gasteiger partial charge is 0.0654 e. The van der Waals surface area contributed by atoms with Gasteiger partial charge in [0.1, 0.15) is 0 Å². The van der Waals surface area contributed by atoms with Gasteiger partial charge in [0.15, 0.2) is 0 Å². The fraction of sp³-hybridized carbons (Fsp3) is 1.00. The minimum atomic E-state index is 0.928. The summed E-state index contributed by atoms with van der Waals surface area (Å²) in [6.45, 7) is 12.4. The lowest BCUT2D eigenvalue weighted by Crippen LogP contribution is -2.19. The Morgan fingerprint density at radius 1 is 0.750 bits per heavy atom. The van der Waals surface area contributed by atoms with Gasteiger partial charge in [-0.2, -0.15) is 0 Å². The van der Waals surface area contributed by atoms with E-state index in [0.717, 1.165) is 29.6 Å². The first-order chi connectivity index (χ1) is 11.5. The fourth-order valence-electron chi connectivity index (χ4n) is 4.94. The highest BCUT2D eigenvalue weighted by Gasteiger charge is 2.22. The molecule has 144 valence electrons. The molecule has 0 aromatic heterocycles. The summed E-state index contributed by atoms with van der Waals surface area (Å²) in [6, 6.07) is 0. The third-order valence-corrected chi connectivity index (χ3v) is 6.76. The van der Waals surface area contributed by atoms with Gasteiger partial charge in [0.25, 0.3) is 0 Å². The molecule has 0 aromatic carbocycles. The second-order valence-corrected chi connectivity index (χ2v) is 9.59. The average molecular weight is 337 g/mol. The molecule has 0 N–H and O–H groups in total. The van der Waals surface area contributed by atoms with Gasteiger partial charge >= 0.3 is 0 Å². The van der Waals surface area contributed by atoms with Crippen LogP contribution in [-0.2, 0) is 0 Å². The predicted octanol–water partition coefficient (Wildman–Crippen LogP) is 8.64. The lowest BCUT2D eigenvalue weighted by Gasteiger charge is -2.30. The van der Waals surface area contributed by atoms with Crippen LogP contribution in [0.3, 0.4) is 0 Å². The lowest BCUT2D eigenvalue weighted by molar-refractivity contribution is 0.211. The highest BCUT2D eigenvalue weighted by atomic mass is 14.3. The Kier molecular flexibility index (Phi) is 12.2. The summed E-state index contributed by atoms with van der Waals surface area (Å²) < 4.78 is 0. The number of hydrogen-bond acceptors (Lipinski definition) is 0. The van der Waals surface area contributed by atoms with Crippen LogP contribution in [0.5, 0.6) is 0 Å². The van der Waals surface area contributed by atoms with Crippen LogP contribution in [0, 0.1) is 29.6 Å². The summed E-state index contributed by atoms with van der Waals surface area (Å²) in [5.41, 5.74) is 0. The van der Waals surface area contributed by atoms with Crippen molar-refractivity contribution in [1.29, 1.82) is 0 Å². The first-order valence-corrected chi connectivity index (χ1v) is 11.5. The molecule has 1 fully saturated rings. The summed E-state index contributed by atoms with van der Waals surface area (Å²) in [5, 5.41) is 0. The maximum Gasteiger partial charge on any atom is -0.0383 e. The zero-order valence-corrected chi connectivity index (χ0v) is 17.8. The van der Waals surface area contributed by atoms with Gasteiger partial charge < -0.3 is 0 Å². The molecular formula is C24H48. The highest BCUT2D eigenvalue weighted by Crippen LogP contribution is 2.34. The summed E-state index contributed by atoms with van der Waals surface area (Å²) >= 11 is 0. The Balaban J connectivity index is 2.47. The van der Waals surface area contributed by atoms with Crippen molar-refractivity contribution < 1.29 is 0 Å². The summed E-state index contributed by atoms with van der Waals surface area (Å²) in [5.74, 6) is 4.74. The van der Waals surface area contributed by atoms with Crippen LogP contribution in [0.25, 0.3) is 0 Å². The van der Waals surface area contributed by atoms with Crippen molar-refractivity contribution in [2.24, 2.45) is 29.6 Å². The van der Waals surface area contributed by atoms with Gasteiger partial charge in [0, 0.05) is 0 Å². The van der Waals surface area contributed by atoms with Gasteiger partial charge in [-0.1, -0.05) is 112 Å². The molecule has 0 spiro atoms. The fourth-order valence-corrected chi connectivity index (χ4v) is 4.94. The average Bonchev–Trinajstić information content (AvgIpc) is 2.53. The van der Waals surface area contributed by atoms with Gasteiger partial charge in [0.05, 0.1) is 0 Å². The Bertz CT molecular complexity index is 282. The van der Waals surface area contributed by atoms with Crippen molar-refractivity contribution in [3.8, 4) is 0 Å². The molecular weight excluding hydrogens is 288 g/mol. The van der Waals surface area contributed by atoms with E-state index >= 15 is 0 Å². The van der Waals surface area contributed by atoms with E-state index in [9.17, 15) is 0 Å². The van der Waals surface area contributed by atoms with Gasteiger partial charge in [-0.15, -0.1) is 0 Å². The Morgan fingerprint density at radius 2 is 1.33 bits per heavy atom. The van der Waals surface area contributed by atoms with E-state index in [1.807, 2.05) is 0 Å². The van der Waals surface area contributed by atoms with E-state index in [0.29, 0.717) is 0 Å². The zero-order chi connectivity index (χ0) is 17.8. The standard InChI is InChI=1S/C24H48/c1-6-13-20(2)16-17-22(4)19-24-18-21(3)14-11-9-7-8-10-12-15-23(24)5/h20-24H,6-19H2,1-5H3. The van der Waals surface area contributed by atoms with E-state index in [1.165, 1.54) is 89.9 Å². The molecule has 0 amide bonds. The van der Waals surface area contributed by atoms with Crippen molar-refractivity contribution in [3.63, 3.8) is 0 Å². The van der Waals surface area contributed by atoms with E-state index in [4.69, 9.17) is 0 Å². The lowest BCUT2D eigenvalue weighted by atomic mass is 9.76. The molecule has 0 aromatic rings. The van der Waals surface area contributed by atoms with Crippen LogP contribution < -0.4 is 0 Å². The van der Waals surface area contributed by atoms with Crippen molar-refractivity contribution >= 4 is 0 Å². The molecule has 0 heteroatoms. The second kappa shape index (κ2) is 13.2.